The monoisotopic (exact) mass is 879 g/mol. The standard InChI is InChI=1S/C53H86N2O8/c1-30(10-16-46(60)61)36-12-14-38-48-40(20-24-52(36,38)5)50(3)22-18-34(26-32(50)28-42(48)56)54-44(58)8-7-9-45(59)55-35-19-23-51(4)33(27-35)29-43(57)49-39-15-13-37(31(2)11-17-47(62)63)53(39,6)25-21-41(49)51/h30-43,48-49,56-57H,7-29H2,1-6H3,(H,54,58)(H,55,59)(H,60,61)(H,62,63)/t30-,31-,32?,33?,34-,35-,36-,37-,38+,39+,40+,41+,42+,43+,48?,49?,50+,51+,52-,53-/m0/s1. The van der Waals surface area contributed by atoms with Crippen molar-refractivity contribution in [3.05, 3.63) is 0 Å². The Kier molecular flexibility index (Phi) is 13.6. The maximum atomic E-state index is 13.3. The molecular formula is C53H86N2O8. The SMILES string of the molecule is C[C@@H](CCC(=O)O)[C@@H]1CC[C@@H]2C3[C@H](O)CC4C[C@@H](NC(=O)CCCC(=O)N[C@H]5CC[C@]6(C)C(C5)C[C@@H](O)C5[C@H]7CC[C@@H]([C@@H](C)CCC(=O)O)[C@]7(C)CC[C@H]56)CC[C@@]4(C)[C@@H]3CC[C@]21C. The molecule has 0 heterocycles. The Morgan fingerprint density at radius 2 is 0.873 bits per heavy atom. The Morgan fingerprint density at radius 3 is 1.25 bits per heavy atom. The fraction of sp³-hybridized carbons (Fsp3) is 0.925. The molecular weight excluding hydrogens is 793 g/mol. The maximum absolute atomic E-state index is 13.3. The lowest BCUT2D eigenvalue weighted by Gasteiger charge is -2.62. The second-order valence-corrected chi connectivity index (χ2v) is 24.8. The van der Waals surface area contributed by atoms with Crippen molar-refractivity contribution in [3.63, 3.8) is 0 Å². The van der Waals surface area contributed by atoms with Crippen molar-refractivity contribution in [2.24, 2.45) is 92.7 Å². The van der Waals surface area contributed by atoms with Crippen molar-refractivity contribution in [2.75, 3.05) is 0 Å². The largest absolute Gasteiger partial charge is 0.481 e. The number of nitrogens with one attached hydrogen (secondary N) is 2. The highest BCUT2D eigenvalue weighted by Crippen LogP contribution is 2.70. The summed E-state index contributed by atoms with van der Waals surface area (Å²) in [6, 6.07) is 0.214. The number of aliphatic carboxylic acids is 2. The molecule has 0 aromatic heterocycles. The highest BCUT2D eigenvalue weighted by atomic mass is 16.4. The van der Waals surface area contributed by atoms with Gasteiger partial charge in [0, 0.05) is 37.8 Å². The molecule has 0 saturated heterocycles. The predicted octanol–water partition coefficient (Wildman–Crippen LogP) is 9.39. The summed E-state index contributed by atoms with van der Waals surface area (Å²) in [4.78, 5) is 49.3. The van der Waals surface area contributed by atoms with Gasteiger partial charge in [0.15, 0.2) is 0 Å². The Bertz CT molecular complexity index is 1590. The van der Waals surface area contributed by atoms with Crippen LogP contribution in [0.2, 0.25) is 0 Å². The molecule has 8 saturated carbocycles. The molecule has 8 rings (SSSR count). The molecule has 6 N–H and O–H groups in total. The van der Waals surface area contributed by atoms with E-state index in [0.717, 1.165) is 116 Å². The molecule has 0 spiro atoms. The van der Waals surface area contributed by atoms with Crippen molar-refractivity contribution in [1.29, 1.82) is 0 Å². The van der Waals surface area contributed by atoms with Crippen molar-refractivity contribution in [2.45, 2.75) is 214 Å². The van der Waals surface area contributed by atoms with Crippen LogP contribution in [0, 0.1) is 92.7 Å². The van der Waals surface area contributed by atoms with Crippen LogP contribution in [0.25, 0.3) is 0 Å². The van der Waals surface area contributed by atoms with Gasteiger partial charge in [-0.2, -0.15) is 0 Å². The van der Waals surface area contributed by atoms with E-state index < -0.39 is 11.9 Å². The number of carbonyl (C=O) groups excluding carboxylic acids is 2. The smallest absolute Gasteiger partial charge is 0.303 e. The first kappa shape index (κ1) is 47.3. The molecule has 0 aromatic rings. The number of carboxylic acids is 2. The van der Waals surface area contributed by atoms with Crippen LogP contribution < -0.4 is 10.6 Å². The lowest BCUT2D eigenvalue weighted by Crippen LogP contribution is -2.59. The molecule has 10 nitrogen and oxygen atoms in total. The normalized spacial score (nSPS) is 47.3. The first-order valence-electron chi connectivity index (χ1n) is 26.2. The summed E-state index contributed by atoms with van der Waals surface area (Å²) in [5.41, 5.74) is 0.650. The molecule has 8 fully saturated rings. The van der Waals surface area contributed by atoms with E-state index >= 15 is 0 Å². The first-order chi connectivity index (χ1) is 29.8. The first-order valence-corrected chi connectivity index (χ1v) is 26.2. The molecule has 8 aliphatic carbocycles. The van der Waals surface area contributed by atoms with Crippen LogP contribution >= 0.6 is 0 Å². The Balaban J connectivity index is 0.775. The zero-order valence-corrected chi connectivity index (χ0v) is 39.9. The minimum atomic E-state index is -0.709. The Morgan fingerprint density at radius 1 is 0.508 bits per heavy atom. The molecule has 356 valence electrons. The van der Waals surface area contributed by atoms with Gasteiger partial charge in [-0.15, -0.1) is 0 Å². The third-order valence-corrected chi connectivity index (χ3v) is 22.1. The number of aliphatic hydroxyl groups is 2. The van der Waals surface area contributed by atoms with E-state index in [1.165, 1.54) is 0 Å². The molecule has 4 unspecified atom stereocenters. The molecule has 20 atom stereocenters. The Hall–Kier alpha value is -2.20. The molecule has 0 bridgehead atoms. The van der Waals surface area contributed by atoms with E-state index in [2.05, 4.69) is 52.2 Å². The predicted molar refractivity (Wildman–Crippen MR) is 243 cm³/mol. The molecule has 0 aromatic carbocycles. The van der Waals surface area contributed by atoms with Gasteiger partial charge in [0.05, 0.1) is 12.2 Å². The zero-order chi connectivity index (χ0) is 45.2. The molecule has 10 heteroatoms. The minimum Gasteiger partial charge on any atom is -0.481 e. The topological polar surface area (TPSA) is 173 Å². The van der Waals surface area contributed by atoms with Crippen LogP contribution in [0.5, 0.6) is 0 Å². The second kappa shape index (κ2) is 18.1. The number of aliphatic hydroxyl groups excluding tert-OH is 2. The summed E-state index contributed by atoms with van der Waals surface area (Å²) >= 11 is 0. The van der Waals surface area contributed by atoms with Crippen LogP contribution in [0.4, 0.5) is 0 Å². The summed E-state index contributed by atoms with van der Waals surface area (Å²) in [6.45, 7) is 14.4. The fourth-order valence-electron chi connectivity index (χ4n) is 18.8. The number of fused-ring (bicyclic) bond motifs is 10. The molecule has 0 radical (unpaired) electrons. The quantitative estimate of drug-likeness (QED) is 0.100. The van der Waals surface area contributed by atoms with Gasteiger partial charge in [0.25, 0.3) is 0 Å². The Labute approximate surface area is 379 Å². The minimum absolute atomic E-state index is 0.0270. The van der Waals surface area contributed by atoms with Gasteiger partial charge >= 0.3 is 11.9 Å². The van der Waals surface area contributed by atoms with Gasteiger partial charge in [0.2, 0.25) is 11.8 Å². The van der Waals surface area contributed by atoms with Crippen molar-refractivity contribution < 1.29 is 39.6 Å². The van der Waals surface area contributed by atoms with Crippen LogP contribution in [0.15, 0.2) is 0 Å². The average molecular weight is 879 g/mol. The summed E-state index contributed by atoms with van der Waals surface area (Å²) < 4.78 is 0. The van der Waals surface area contributed by atoms with E-state index in [1.807, 2.05) is 0 Å². The number of carboxylic acid groups (broad SMARTS) is 2. The van der Waals surface area contributed by atoms with Gasteiger partial charge in [-0.05, 0) is 215 Å². The molecule has 8 aliphatic rings. The van der Waals surface area contributed by atoms with Crippen molar-refractivity contribution in [1.82, 2.24) is 10.6 Å². The molecule has 63 heavy (non-hydrogen) atoms. The number of carbonyl (C=O) groups is 4. The number of amides is 2. The third kappa shape index (κ3) is 8.67. The summed E-state index contributed by atoms with van der Waals surface area (Å²) in [5, 5.41) is 49.1. The van der Waals surface area contributed by atoms with Crippen molar-refractivity contribution in [3.8, 4) is 0 Å². The van der Waals surface area contributed by atoms with Crippen LogP contribution in [0.1, 0.15) is 189 Å². The summed E-state index contributed by atoms with van der Waals surface area (Å²) in [5.74, 6) is 3.77. The lowest BCUT2D eigenvalue weighted by atomic mass is 9.43. The average Bonchev–Trinajstić information content (AvgIpc) is 3.77. The summed E-state index contributed by atoms with van der Waals surface area (Å²) in [7, 11) is 0. The van der Waals surface area contributed by atoms with Crippen molar-refractivity contribution >= 4 is 23.8 Å². The highest BCUT2D eigenvalue weighted by Gasteiger charge is 2.65. The van der Waals surface area contributed by atoms with Gasteiger partial charge in [-0.1, -0.05) is 41.5 Å². The number of rotatable bonds is 14. The van der Waals surface area contributed by atoms with Gasteiger partial charge in [-0.3, -0.25) is 19.2 Å². The van der Waals surface area contributed by atoms with Crippen LogP contribution in [-0.4, -0.2) is 68.5 Å². The number of hydrogen-bond acceptors (Lipinski definition) is 6. The zero-order valence-electron chi connectivity index (χ0n) is 39.9. The van der Waals surface area contributed by atoms with E-state index in [9.17, 15) is 39.6 Å². The number of hydrogen-bond donors (Lipinski definition) is 6. The van der Waals surface area contributed by atoms with E-state index in [4.69, 9.17) is 0 Å². The maximum Gasteiger partial charge on any atom is 0.303 e. The van der Waals surface area contributed by atoms with E-state index in [0.29, 0.717) is 90.3 Å². The fourth-order valence-corrected chi connectivity index (χ4v) is 18.8. The molecule has 0 aliphatic heterocycles. The highest BCUT2D eigenvalue weighted by molar-refractivity contribution is 5.79. The van der Waals surface area contributed by atoms with Gasteiger partial charge < -0.3 is 31.1 Å². The summed E-state index contributed by atoms with van der Waals surface area (Å²) in [6.07, 6.45) is 19.1. The van der Waals surface area contributed by atoms with Gasteiger partial charge in [-0.25, -0.2) is 0 Å². The second-order valence-electron chi connectivity index (χ2n) is 24.8. The van der Waals surface area contributed by atoms with E-state index in [1.54, 1.807) is 0 Å². The van der Waals surface area contributed by atoms with E-state index in [-0.39, 0.29) is 70.6 Å². The third-order valence-electron chi connectivity index (χ3n) is 22.1. The van der Waals surface area contributed by atoms with Crippen LogP contribution in [0.3, 0.4) is 0 Å². The lowest BCUT2D eigenvalue weighted by molar-refractivity contribution is -0.167. The molecule has 2 amide bonds. The van der Waals surface area contributed by atoms with Gasteiger partial charge in [0.1, 0.15) is 0 Å². The van der Waals surface area contributed by atoms with Crippen LogP contribution in [-0.2, 0) is 19.2 Å².